The summed E-state index contributed by atoms with van der Waals surface area (Å²) in [5.41, 5.74) is -0.00238. The number of aromatic nitrogens is 2. The largest absolute Gasteiger partial charge is 0.465 e. The lowest BCUT2D eigenvalue weighted by atomic mass is 10.2. The van der Waals surface area contributed by atoms with Crippen molar-refractivity contribution in [3.8, 4) is 0 Å². The first-order chi connectivity index (χ1) is 12.9. The maximum Gasteiger partial charge on any atom is 0.341 e. The molecule has 0 unspecified atom stereocenters. The fourth-order valence-corrected chi connectivity index (χ4v) is 2.75. The van der Waals surface area contributed by atoms with Gasteiger partial charge in [0.15, 0.2) is 0 Å². The molecule has 0 spiro atoms. The lowest BCUT2D eigenvalue weighted by Crippen LogP contribution is -2.34. The molecule has 0 saturated carbocycles. The molecule has 3 rings (SSSR count). The molecule has 3 aromatic rings. The van der Waals surface area contributed by atoms with E-state index in [4.69, 9.17) is 4.42 Å². The number of rotatable bonds is 5. The molecule has 0 saturated heterocycles. The van der Waals surface area contributed by atoms with E-state index in [-0.39, 0.29) is 24.6 Å². The van der Waals surface area contributed by atoms with Crippen molar-refractivity contribution in [3.05, 3.63) is 64.0 Å². The Morgan fingerprint density at radius 3 is 2.78 bits per heavy atom. The zero-order valence-electron chi connectivity index (χ0n) is 15.3. The molecular formula is C19H19N3O5. The van der Waals surface area contributed by atoms with Gasteiger partial charge in [-0.3, -0.25) is 9.59 Å². The number of benzene rings is 1. The smallest absolute Gasteiger partial charge is 0.341 e. The molecule has 0 N–H and O–H groups in total. The third-order valence-corrected chi connectivity index (χ3v) is 4.24. The highest BCUT2D eigenvalue weighted by molar-refractivity contribution is 5.90. The van der Waals surface area contributed by atoms with E-state index in [2.05, 4.69) is 9.84 Å². The van der Waals surface area contributed by atoms with Crippen molar-refractivity contribution in [3.63, 3.8) is 0 Å². The molecule has 8 nitrogen and oxygen atoms in total. The van der Waals surface area contributed by atoms with Crippen LogP contribution in [0.15, 0.2) is 45.7 Å². The molecule has 0 aliphatic heterocycles. The van der Waals surface area contributed by atoms with Gasteiger partial charge in [-0.1, -0.05) is 18.2 Å². The maximum atomic E-state index is 12.5. The second kappa shape index (κ2) is 7.45. The number of hydrogen-bond acceptors (Lipinski definition) is 6. The monoisotopic (exact) mass is 369 g/mol. The van der Waals surface area contributed by atoms with Crippen LogP contribution in [-0.2, 0) is 22.6 Å². The molecule has 1 aromatic carbocycles. The number of nitrogens with zero attached hydrogens (tertiary/aromatic N) is 3. The molecule has 0 fully saturated rings. The second-order valence-electron chi connectivity index (χ2n) is 6.12. The van der Waals surface area contributed by atoms with Crippen LogP contribution in [0.1, 0.15) is 21.9 Å². The van der Waals surface area contributed by atoms with Gasteiger partial charge in [-0.05, 0) is 19.1 Å². The van der Waals surface area contributed by atoms with Crippen LogP contribution in [0.2, 0.25) is 0 Å². The highest BCUT2D eigenvalue weighted by Gasteiger charge is 2.18. The Bertz CT molecular complexity index is 1070. The van der Waals surface area contributed by atoms with Crippen LogP contribution in [-0.4, -0.2) is 40.7 Å². The van der Waals surface area contributed by atoms with Crippen molar-refractivity contribution in [2.24, 2.45) is 0 Å². The Morgan fingerprint density at radius 2 is 2.04 bits per heavy atom. The van der Waals surface area contributed by atoms with Crippen molar-refractivity contribution in [1.82, 2.24) is 14.7 Å². The number of amides is 1. The van der Waals surface area contributed by atoms with Crippen molar-refractivity contribution in [1.29, 1.82) is 0 Å². The van der Waals surface area contributed by atoms with Gasteiger partial charge in [0, 0.05) is 12.4 Å². The van der Waals surface area contributed by atoms with Crippen LogP contribution < -0.4 is 5.56 Å². The summed E-state index contributed by atoms with van der Waals surface area (Å²) >= 11 is 0. The Morgan fingerprint density at radius 1 is 1.30 bits per heavy atom. The van der Waals surface area contributed by atoms with Crippen LogP contribution in [0, 0.1) is 6.92 Å². The van der Waals surface area contributed by atoms with E-state index in [9.17, 15) is 14.4 Å². The Balaban J connectivity index is 1.74. The number of ether oxygens (including phenoxy) is 1. The third kappa shape index (κ3) is 3.74. The Labute approximate surface area is 154 Å². The highest BCUT2D eigenvalue weighted by Crippen LogP contribution is 2.17. The van der Waals surface area contributed by atoms with Crippen LogP contribution in [0.4, 0.5) is 0 Å². The lowest BCUT2D eigenvalue weighted by Gasteiger charge is -2.16. The number of fused-ring (bicyclic) bond motifs is 1. The van der Waals surface area contributed by atoms with E-state index in [0.29, 0.717) is 22.5 Å². The number of esters is 1. The van der Waals surface area contributed by atoms with Crippen molar-refractivity contribution in [2.75, 3.05) is 14.2 Å². The summed E-state index contributed by atoms with van der Waals surface area (Å²) in [6, 6.07) is 8.62. The zero-order valence-corrected chi connectivity index (χ0v) is 15.3. The van der Waals surface area contributed by atoms with Crippen LogP contribution in [0.25, 0.3) is 10.8 Å². The summed E-state index contributed by atoms with van der Waals surface area (Å²) in [7, 11) is 2.88. The molecule has 140 valence electrons. The minimum atomic E-state index is -0.497. The molecule has 27 heavy (non-hydrogen) atoms. The van der Waals surface area contributed by atoms with Gasteiger partial charge in [0.1, 0.15) is 23.6 Å². The summed E-state index contributed by atoms with van der Waals surface area (Å²) in [6.07, 6.45) is 1.56. The third-order valence-electron chi connectivity index (χ3n) is 4.24. The minimum absolute atomic E-state index is 0.152. The summed E-state index contributed by atoms with van der Waals surface area (Å²) in [5.74, 6) is 0.0598. The van der Waals surface area contributed by atoms with E-state index in [1.807, 2.05) is 6.07 Å². The molecule has 0 bridgehead atoms. The van der Waals surface area contributed by atoms with E-state index in [0.717, 1.165) is 10.1 Å². The zero-order chi connectivity index (χ0) is 19.6. The van der Waals surface area contributed by atoms with E-state index >= 15 is 0 Å². The lowest BCUT2D eigenvalue weighted by molar-refractivity contribution is -0.131. The van der Waals surface area contributed by atoms with E-state index < -0.39 is 5.97 Å². The molecule has 2 aromatic heterocycles. The van der Waals surface area contributed by atoms with Gasteiger partial charge in [-0.2, -0.15) is 5.10 Å². The number of aryl methyl sites for hydroxylation is 1. The Kier molecular flexibility index (Phi) is 5.07. The summed E-state index contributed by atoms with van der Waals surface area (Å²) in [6.45, 7) is 1.61. The van der Waals surface area contributed by atoms with Crippen LogP contribution in [0.5, 0.6) is 0 Å². The molecule has 0 aliphatic rings. The number of carbonyl (C=O) groups is 2. The SMILES string of the molecule is COC(=O)c1cc(CN(C)C(=O)Cn2ncc3ccccc3c2=O)oc1C. The van der Waals surface area contributed by atoms with Crippen LogP contribution in [0.3, 0.4) is 0 Å². The van der Waals surface area contributed by atoms with Crippen molar-refractivity contribution in [2.45, 2.75) is 20.0 Å². The summed E-state index contributed by atoms with van der Waals surface area (Å²) in [4.78, 5) is 38.0. The van der Waals surface area contributed by atoms with Gasteiger partial charge < -0.3 is 14.1 Å². The van der Waals surface area contributed by atoms with Crippen LogP contribution >= 0.6 is 0 Å². The predicted molar refractivity (Wildman–Crippen MR) is 97.3 cm³/mol. The van der Waals surface area contributed by atoms with Crippen molar-refractivity contribution >= 4 is 22.6 Å². The molecule has 2 heterocycles. The molecule has 0 atom stereocenters. The normalized spacial score (nSPS) is 10.8. The molecular weight excluding hydrogens is 350 g/mol. The number of methoxy groups -OCH3 is 1. The predicted octanol–water partition coefficient (Wildman–Crippen LogP) is 1.74. The standard InChI is InChI=1S/C19H19N3O5/c1-12-16(19(25)26-3)8-14(27-12)10-21(2)17(23)11-22-18(24)15-7-5-4-6-13(15)9-20-22/h4-9H,10-11H2,1-3H3. The molecule has 8 heteroatoms. The number of likely N-dealkylation sites (N-methyl/N-ethyl adjacent to an activating group) is 1. The number of hydrogen-bond donors (Lipinski definition) is 0. The minimum Gasteiger partial charge on any atom is -0.465 e. The van der Waals surface area contributed by atoms with Gasteiger partial charge in [0.25, 0.3) is 5.56 Å². The van der Waals surface area contributed by atoms with Gasteiger partial charge in [-0.15, -0.1) is 0 Å². The van der Waals surface area contributed by atoms with E-state index in [1.54, 1.807) is 44.4 Å². The first kappa shape index (κ1) is 18.4. The summed E-state index contributed by atoms with van der Waals surface area (Å²) < 4.78 is 11.3. The average Bonchev–Trinajstić information content (AvgIpc) is 3.03. The first-order valence-electron chi connectivity index (χ1n) is 8.27. The quantitative estimate of drug-likeness (QED) is 0.636. The number of furan rings is 1. The first-order valence-corrected chi connectivity index (χ1v) is 8.27. The van der Waals surface area contributed by atoms with Gasteiger partial charge in [0.05, 0.1) is 25.2 Å². The van der Waals surface area contributed by atoms with Gasteiger partial charge in [0.2, 0.25) is 5.91 Å². The van der Waals surface area contributed by atoms with E-state index in [1.165, 1.54) is 12.0 Å². The van der Waals surface area contributed by atoms with Crippen molar-refractivity contribution < 1.29 is 18.7 Å². The highest BCUT2D eigenvalue weighted by atomic mass is 16.5. The topological polar surface area (TPSA) is 94.6 Å². The second-order valence-corrected chi connectivity index (χ2v) is 6.12. The number of carbonyl (C=O) groups excluding carboxylic acids is 2. The fraction of sp³-hybridized carbons (Fsp3) is 0.263. The molecule has 0 radical (unpaired) electrons. The molecule has 0 aliphatic carbocycles. The average molecular weight is 369 g/mol. The Hall–Kier alpha value is -3.42. The van der Waals surface area contributed by atoms with Gasteiger partial charge >= 0.3 is 5.97 Å². The molecule has 1 amide bonds. The summed E-state index contributed by atoms with van der Waals surface area (Å²) in [5, 5.41) is 5.29. The maximum absolute atomic E-state index is 12.5. The fourth-order valence-electron chi connectivity index (χ4n) is 2.75. The van der Waals surface area contributed by atoms with Gasteiger partial charge in [-0.25, -0.2) is 9.48 Å².